The van der Waals surface area contributed by atoms with E-state index in [0.29, 0.717) is 47.6 Å². The molecule has 1 unspecified atom stereocenters. The minimum atomic E-state index is -0.216. The first kappa shape index (κ1) is 26.6. The second kappa shape index (κ2) is 12.7. The molecule has 8 nitrogen and oxygen atoms in total. The molecule has 1 atom stereocenters. The van der Waals surface area contributed by atoms with E-state index in [1.807, 2.05) is 48.5 Å². The molecule has 1 aliphatic rings. The second-order valence-corrected chi connectivity index (χ2v) is 10.1. The highest BCUT2D eigenvalue weighted by atomic mass is 35.5. The van der Waals surface area contributed by atoms with Crippen molar-refractivity contribution in [3.8, 4) is 11.4 Å². The highest BCUT2D eigenvalue weighted by Gasteiger charge is 2.28. The number of hydrogen-bond donors (Lipinski definition) is 2. The molecule has 0 aliphatic carbocycles. The van der Waals surface area contributed by atoms with E-state index in [1.165, 1.54) is 0 Å². The van der Waals surface area contributed by atoms with Crippen LogP contribution in [0, 0.1) is 5.92 Å². The van der Waals surface area contributed by atoms with Gasteiger partial charge in [0, 0.05) is 23.7 Å². The molecule has 1 aliphatic heterocycles. The zero-order chi connectivity index (χ0) is 27.0. The van der Waals surface area contributed by atoms with Crippen LogP contribution >= 0.6 is 11.6 Å². The molecule has 2 heterocycles. The van der Waals surface area contributed by atoms with Crippen molar-refractivity contribution >= 4 is 29.1 Å². The molecule has 9 heteroatoms. The number of para-hydroxylation sites is 1. The largest absolute Gasteiger partial charge is 0.352 e. The van der Waals surface area contributed by atoms with Gasteiger partial charge in [0.2, 0.25) is 17.6 Å². The lowest BCUT2D eigenvalue weighted by atomic mass is 9.96. The van der Waals surface area contributed by atoms with E-state index in [9.17, 15) is 9.59 Å². The van der Waals surface area contributed by atoms with Crippen LogP contribution in [0.2, 0.25) is 5.02 Å². The van der Waals surface area contributed by atoms with Crippen LogP contribution in [-0.2, 0) is 17.8 Å². The number of amides is 2. The van der Waals surface area contributed by atoms with Gasteiger partial charge < -0.3 is 15.2 Å². The third kappa shape index (κ3) is 7.10. The highest BCUT2D eigenvalue weighted by Crippen LogP contribution is 2.23. The maximum absolute atomic E-state index is 13.2. The summed E-state index contributed by atoms with van der Waals surface area (Å²) in [5, 5.41) is 10.7. The Hall–Kier alpha value is -4.01. The summed E-state index contributed by atoms with van der Waals surface area (Å²) >= 11 is 5.97. The zero-order valence-electron chi connectivity index (χ0n) is 21.5. The fourth-order valence-corrected chi connectivity index (χ4v) is 4.85. The van der Waals surface area contributed by atoms with Gasteiger partial charge in [-0.05, 0) is 67.8 Å². The highest BCUT2D eigenvalue weighted by molar-refractivity contribution is 6.30. The fourth-order valence-electron chi connectivity index (χ4n) is 4.72. The van der Waals surface area contributed by atoms with Crippen LogP contribution in [0.3, 0.4) is 0 Å². The first-order valence-corrected chi connectivity index (χ1v) is 13.5. The maximum atomic E-state index is 13.2. The maximum Gasteiger partial charge on any atom is 0.253 e. The lowest BCUT2D eigenvalue weighted by Gasteiger charge is -2.31. The van der Waals surface area contributed by atoms with Gasteiger partial charge in [-0.15, -0.1) is 0 Å². The van der Waals surface area contributed by atoms with E-state index in [4.69, 9.17) is 16.1 Å². The van der Waals surface area contributed by atoms with Gasteiger partial charge in [0.05, 0.1) is 23.7 Å². The average Bonchev–Trinajstić information content (AvgIpc) is 3.42. The zero-order valence-corrected chi connectivity index (χ0v) is 22.2. The van der Waals surface area contributed by atoms with Crippen molar-refractivity contribution in [1.29, 1.82) is 0 Å². The molecule has 0 radical (unpaired) electrons. The van der Waals surface area contributed by atoms with Crippen LogP contribution in [0.25, 0.3) is 11.4 Å². The molecule has 0 saturated carbocycles. The van der Waals surface area contributed by atoms with Gasteiger partial charge in [0.1, 0.15) is 0 Å². The molecular formula is C30H30ClN5O3. The minimum absolute atomic E-state index is 0.100. The summed E-state index contributed by atoms with van der Waals surface area (Å²) in [6, 6.07) is 24.4. The van der Waals surface area contributed by atoms with Gasteiger partial charge in [-0.25, -0.2) is 0 Å². The number of benzene rings is 3. The van der Waals surface area contributed by atoms with Gasteiger partial charge in [-0.1, -0.05) is 59.2 Å². The number of halogens is 1. The quantitative estimate of drug-likeness (QED) is 0.300. The lowest BCUT2D eigenvalue weighted by molar-refractivity contribution is -0.121. The Morgan fingerprint density at radius 3 is 2.59 bits per heavy atom. The van der Waals surface area contributed by atoms with Crippen molar-refractivity contribution in [2.45, 2.75) is 25.8 Å². The Kier molecular flexibility index (Phi) is 8.65. The smallest absolute Gasteiger partial charge is 0.253 e. The Balaban J connectivity index is 1.16. The number of likely N-dealkylation sites (tertiary alicyclic amines) is 1. The van der Waals surface area contributed by atoms with Gasteiger partial charge in [0.15, 0.2) is 0 Å². The molecule has 1 aromatic heterocycles. The van der Waals surface area contributed by atoms with Crippen molar-refractivity contribution in [2.75, 3.05) is 25.0 Å². The molecule has 200 valence electrons. The van der Waals surface area contributed by atoms with Crippen LogP contribution in [0.5, 0.6) is 0 Å². The Labute approximate surface area is 232 Å². The number of nitrogens with one attached hydrogen (secondary N) is 2. The number of piperidine rings is 1. The summed E-state index contributed by atoms with van der Waals surface area (Å²) < 4.78 is 5.47. The molecule has 5 rings (SSSR count). The summed E-state index contributed by atoms with van der Waals surface area (Å²) in [7, 11) is 0. The molecule has 4 aromatic rings. The molecule has 3 aromatic carbocycles. The van der Waals surface area contributed by atoms with E-state index in [1.54, 1.807) is 30.3 Å². The number of aromatic nitrogens is 2. The van der Waals surface area contributed by atoms with Crippen molar-refractivity contribution in [1.82, 2.24) is 20.4 Å². The summed E-state index contributed by atoms with van der Waals surface area (Å²) in [6.45, 7) is 2.38. The van der Waals surface area contributed by atoms with E-state index in [2.05, 4.69) is 25.7 Å². The molecule has 2 amide bonds. The number of nitrogens with zero attached hydrogens (tertiary/aromatic N) is 3. The van der Waals surface area contributed by atoms with E-state index in [0.717, 1.165) is 36.9 Å². The van der Waals surface area contributed by atoms with Gasteiger partial charge in [0.25, 0.3) is 5.91 Å². The number of anilines is 1. The van der Waals surface area contributed by atoms with Crippen molar-refractivity contribution in [3.05, 3.63) is 101 Å². The molecule has 0 spiro atoms. The third-order valence-corrected chi connectivity index (χ3v) is 7.03. The monoisotopic (exact) mass is 543 g/mol. The average molecular weight is 544 g/mol. The molecule has 1 fully saturated rings. The van der Waals surface area contributed by atoms with Crippen molar-refractivity contribution in [2.24, 2.45) is 5.92 Å². The standard InChI is InChI=1S/C30H30ClN5O3/c31-24-14-12-22(13-15-24)28-34-27(39-35-28)20-36-18-6-9-23(19-36)29(37)33-26-11-5-4-10-25(26)30(38)32-17-16-21-7-2-1-3-8-21/h1-5,7-8,10-15,23H,6,9,16-20H2,(H,32,38)(H,33,37). The van der Waals surface area contributed by atoms with E-state index in [-0.39, 0.29) is 17.7 Å². The second-order valence-electron chi connectivity index (χ2n) is 9.62. The predicted molar refractivity (Wildman–Crippen MR) is 150 cm³/mol. The predicted octanol–water partition coefficient (Wildman–Crippen LogP) is 5.21. The lowest BCUT2D eigenvalue weighted by Crippen LogP contribution is -2.40. The SMILES string of the molecule is O=C(NCCc1ccccc1)c1ccccc1NC(=O)C1CCCN(Cc2nc(-c3ccc(Cl)cc3)no2)C1. The molecule has 2 N–H and O–H groups in total. The van der Waals surface area contributed by atoms with Gasteiger partial charge in [-0.3, -0.25) is 14.5 Å². The summed E-state index contributed by atoms with van der Waals surface area (Å²) in [4.78, 5) is 32.8. The number of hydrogen-bond acceptors (Lipinski definition) is 6. The van der Waals surface area contributed by atoms with Crippen LogP contribution in [0.4, 0.5) is 5.69 Å². The fraction of sp³-hybridized carbons (Fsp3) is 0.267. The van der Waals surface area contributed by atoms with Crippen LogP contribution < -0.4 is 10.6 Å². The van der Waals surface area contributed by atoms with Gasteiger partial charge in [-0.2, -0.15) is 4.98 Å². The molecule has 39 heavy (non-hydrogen) atoms. The number of rotatable bonds is 9. The van der Waals surface area contributed by atoms with Gasteiger partial charge >= 0.3 is 0 Å². The first-order valence-electron chi connectivity index (χ1n) is 13.1. The Morgan fingerprint density at radius 1 is 1.00 bits per heavy atom. The Morgan fingerprint density at radius 2 is 1.77 bits per heavy atom. The molecular weight excluding hydrogens is 514 g/mol. The van der Waals surface area contributed by atoms with E-state index >= 15 is 0 Å². The normalized spacial score (nSPS) is 15.6. The van der Waals surface area contributed by atoms with Crippen LogP contribution in [0.1, 0.15) is 34.7 Å². The van der Waals surface area contributed by atoms with E-state index < -0.39 is 0 Å². The summed E-state index contributed by atoms with van der Waals surface area (Å²) in [5.74, 6) is 0.480. The molecule has 0 bridgehead atoms. The minimum Gasteiger partial charge on any atom is -0.352 e. The van der Waals surface area contributed by atoms with Crippen LogP contribution in [-0.4, -0.2) is 46.5 Å². The Bertz CT molecular complexity index is 1410. The third-order valence-electron chi connectivity index (χ3n) is 6.78. The number of carbonyl (C=O) groups excluding carboxylic acids is 2. The topological polar surface area (TPSA) is 100 Å². The van der Waals surface area contributed by atoms with Crippen molar-refractivity contribution < 1.29 is 14.1 Å². The number of carbonyl (C=O) groups is 2. The van der Waals surface area contributed by atoms with Crippen LogP contribution in [0.15, 0.2) is 83.4 Å². The summed E-state index contributed by atoms with van der Waals surface area (Å²) in [6.07, 6.45) is 2.38. The summed E-state index contributed by atoms with van der Waals surface area (Å²) in [5.41, 5.74) is 2.95. The molecule has 1 saturated heterocycles. The first-order chi connectivity index (χ1) is 19.0. The van der Waals surface area contributed by atoms with Crippen molar-refractivity contribution in [3.63, 3.8) is 0 Å².